The van der Waals surface area contributed by atoms with Gasteiger partial charge in [-0.1, -0.05) is 0 Å². The van der Waals surface area contributed by atoms with Crippen molar-refractivity contribution in [2.45, 2.75) is 40.0 Å². The molecule has 0 amide bonds. The first-order chi connectivity index (χ1) is 8.33. The van der Waals surface area contributed by atoms with Gasteiger partial charge in [0.2, 0.25) is 0 Å². The maximum absolute atomic E-state index is 5.91. The van der Waals surface area contributed by atoms with Gasteiger partial charge in [-0.2, -0.15) is 0 Å². The van der Waals surface area contributed by atoms with Crippen molar-refractivity contribution in [3.63, 3.8) is 0 Å². The van der Waals surface area contributed by atoms with Gasteiger partial charge in [-0.25, -0.2) is 0 Å². The van der Waals surface area contributed by atoms with Crippen LogP contribution in [-0.4, -0.2) is 34.5 Å². The number of ether oxygens (including phenoxy) is 2. The monoisotopic (exact) mass is 302 g/mol. The van der Waals surface area contributed by atoms with Gasteiger partial charge >= 0.3 is 109 Å². The number of hydrogen-bond donors (Lipinski definition) is 0. The zero-order valence-corrected chi connectivity index (χ0v) is 13.6. The van der Waals surface area contributed by atoms with E-state index in [4.69, 9.17) is 13.2 Å². The van der Waals surface area contributed by atoms with Crippen molar-refractivity contribution in [1.29, 1.82) is 0 Å². The molecule has 1 aliphatic rings. The Morgan fingerprint density at radius 1 is 0.941 bits per heavy atom. The predicted molar refractivity (Wildman–Crippen MR) is 72.0 cm³/mol. The number of rotatable bonds is 9. The summed E-state index contributed by atoms with van der Waals surface area (Å²) in [6.45, 7) is 8.69. The molecule has 0 saturated carbocycles. The van der Waals surface area contributed by atoms with E-state index in [0.717, 1.165) is 49.4 Å². The van der Waals surface area contributed by atoms with E-state index in [2.05, 4.69) is 25.7 Å². The summed E-state index contributed by atoms with van der Waals surface area (Å²) in [7, 11) is 0. The minimum absolute atomic E-state index is 0.751. The Hall–Kier alpha value is -0.417. The first kappa shape index (κ1) is 14.6. The molecule has 98 valence electrons. The van der Waals surface area contributed by atoms with Crippen molar-refractivity contribution >= 4 is 14.7 Å². The van der Waals surface area contributed by atoms with Crippen molar-refractivity contribution in [3.05, 3.63) is 21.3 Å². The summed E-state index contributed by atoms with van der Waals surface area (Å²) >= 11 is -2.00. The third-order valence-corrected chi connectivity index (χ3v) is 6.76. The van der Waals surface area contributed by atoms with Gasteiger partial charge in [-0.05, 0) is 0 Å². The van der Waals surface area contributed by atoms with Crippen LogP contribution >= 0.6 is 0 Å². The van der Waals surface area contributed by atoms with Crippen LogP contribution in [0, 0.1) is 0 Å². The first-order valence-electron chi connectivity index (χ1n) is 6.63. The van der Waals surface area contributed by atoms with Crippen molar-refractivity contribution in [1.82, 2.24) is 0 Å². The fourth-order valence-electron chi connectivity index (χ4n) is 1.56. The summed E-state index contributed by atoms with van der Waals surface area (Å²) in [4.78, 5) is 2.19. The van der Waals surface area contributed by atoms with E-state index in [9.17, 15) is 0 Å². The van der Waals surface area contributed by atoms with E-state index in [-0.39, 0.29) is 0 Å². The molecule has 3 nitrogen and oxygen atoms in total. The number of hydrogen-bond acceptors (Lipinski definition) is 3. The van der Waals surface area contributed by atoms with Gasteiger partial charge in [0.25, 0.3) is 0 Å². The molecular formula is C13H24GeO3. The Labute approximate surface area is 109 Å². The van der Waals surface area contributed by atoms with Crippen LogP contribution < -0.4 is 0 Å². The quantitative estimate of drug-likeness (QED) is 0.613. The Morgan fingerprint density at radius 3 is 2.24 bits per heavy atom. The second-order valence-electron chi connectivity index (χ2n) is 4.08. The molecule has 4 heteroatoms. The molecule has 1 heterocycles. The fraction of sp³-hybridized carbons (Fsp3) is 0.692. The molecule has 1 atom stereocenters. The molecule has 0 fully saturated rings. The van der Waals surface area contributed by atoms with Crippen LogP contribution in [0.2, 0.25) is 0 Å². The van der Waals surface area contributed by atoms with E-state index in [0.29, 0.717) is 0 Å². The zero-order chi connectivity index (χ0) is 12.5. The van der Waals surface area contributed by atoms with Crippen LogP contribution in [0.3, 0.4) is 0 Å². The molecule has 0 radical (unpaired) electrons. The molecule has 0 aromatic rings. The Bertz CT molecular complexity index is 274. The zero-order valence-electron chi connectivity index (χ0n) is 11.2. The van der Waals surface area contributed by atoms with Crippen LogP contribution in [0.1, 0.15) is 40.0 Å². The Kier molecular flexibility index (Phi) is 7.44. The minimum atomic E-state index is -2.00. The van der Waals surface area contributed by atoms with Crippen LogP contribution in [0.25, 0.3) is 0 Å². The van der Waals surface area contributed by atoms with Gasteiger partial charge < -0.3 is 0 Å². The van der Waals surface area contributed by atoms with E-state index < -0.39 is 14.7 Å². The molecule has 1 unspecified atom stereocenters. The predicted octanol–water partition coefficient (Wildman–Crippen LogP) is 2.85. The molecule has 0 N–H and O–H groups in total. The number of allylic oxidation sites excluding steroid dienone is 1. The van der Waals surface area contributed by atoms with E-state index in [1.807, 2.05) is 6.08 Å². The van der Waals surface area contributed by atoms with E-state index in [1.54, 1.807) is 0 Å². The summed E-state index contributed by atoms with van der Waals surface area (Å²) in [5.74, 6) is 0.918. The van der Waals surface area contributed by atoms with E-state index >= 15 is 0 Å². The molecule has 0 aromatic carbocycles. The summed E-state index contributed by atoms with van der Waals surface area (Å²) < 4.78 is 18.5. The summed E-state index contributed by atoms with van der Waals surface area (Å²) in [6.07, 6.45) is 5.14. The normalized spacial score (nSPS) is 18.9. The molecule has 17 heavy (non-hydrogen) atoms. The molecule has 0 aliphatic carbocycles. The van der Waals surface area contributed by atoms with Crippen LogP contribution in [0.5, 0.6) is 0 Å². The first-order valence-corrected chi connectivity index (χ1v) is 10.2. The third kappa shape index (κ3) is 4.76. The molecule has 0 spiro atoms. The standard InChI is InChI=1S/C13H24GeO3/c1-4-9-15-12-7-8-14(17-11-6-3)13(12)16-10-5-2/h7-8,14H,4-6,9-11H2,1-3H3. The molecule has 1 rings (SSSR count). The summed E-state index contributed by atoms with van der Waals surface area (Å²) in [5, 5.41) is 0. The summed E-state index contributed by atoms with van der Waals surface area (Å²) in [6, 6.07) is 0. The molecule has 0 saturated heterocycles. The van der Waals surface area contributed by atoms with Gasteiger partial charge in [0.1, 0.15) is 0 Å². The average molecular weight is 301 g/mol. The van der Waals surface area contributed by atoms with Gasteiger partial charge in [0.15, 0.2) is 0 Å². The van der Waals surface area contributed by atoms with Crippen LogP contribution in [0.4, 0.5) is 0 Å². The van der Waals surface area contributed by atoms with Crippen molar-refractivity contribution in [2.24, 2.45) is 0 Å². The SMILES string of the molecule is CCCOC1=[C](OCCC)[GeH]([O]CCC)[CH]=C1. The van der Waals surface area contributed by atoms with Crippen molar-refractivity contribution < 1.29 is 13.2 Å². The van der Waals surface area contributed by atoms with Gasteiger partial charge in [-0.3, -0.25) is 0 Å². The average Bonchev–Trinajstić information content (AvgIpc) is 2.73. The van der Waals surface area contributed by atoms with Gasteiger partial charge in [-0.15, -0.1) is 0 Å². The topological polar surface area (TPSA) is 27.7 Å². The Balaban J connectivity index is 2.59. The maximum atomic E-state index is 5.91. The van der Waals surface area contributed by atoms with Gasteiger partial charge in [0, 0.05) is 0 Å². The van der Waals surface area contributed by atoms with Crippen LogP contribution in [-0.2, 0) is 13.2 Å². The second-order valence-corrected chi connectivity index (χ2v) is 8.45. The molecule has 0 bridgehead atoms. The fourth-order valence-corrected chi connectivity index (χ4v) is 5.79. The Morgan fingerprint density at radius 2 is 1.59 bits per heavy atom. The molecular weight excluding hydrogens is 277 g/mol. The second kappa shape index (κ2) is 8.64. The van der Waals surface area contributed by atoms with Crippen molar-refractivity contribution in [3.8, 4) is 0 Å². The third-order valence-electron chi connectivity index (χ3n) is 2.35. The summed E-state index contributed by atoms with van der Waals surface area (Å²) in [5.41, 5.74) is 0. The van der Waals surface area contributed by atoms with Crippen molar-refractivity contribution in [2.75, 3.05) is 19.8 Å². The van der Waals surface area contributed by atoms with E-state index in [1.165, 1.54) is 0 Å². The molecule has 0 aromatic heterocycles. The molecule has 1 aliphatic heterocycles. The van der Waals surface area contributed by atoms with Gasteiger partial charge in [0.05, 0.1) is 0 Å². The van der Waals surface area contributed by atoms with Crippen LogP contribution in [0.15, 0.2) is 21.3 Å².